The molecule has 3 rings (SSSR count). The highest BCUT2D eigenvalue weighted by Crippen LogP contribution is 2.29. The molecule has 2 aromatic rings. The van der Waals surface area contributed by atoms with E-state index in [0.717, 1.165) is 16.9 Å². The smallest absolute Gasteiger partial charge is 0.335 e. The molecular weight excluding hydrogens is 436 g/mol. The number of hydrogen-bond acceptors (Lipinski definition) is 4. The van der Waals surface area contributed by atoms with Crippen LogP contribution in [0.3, 0.4) is 0 Å². The fraction of sp³-hybridized carbons (Fsp3) is 0.227. The van der Waals surface area contributed by atoms with Crippen LogP contribution in [-0.4, -0.2) is 23.9 Å². The zero-order chi connectivity index (χ0) is 21.1. The number of halogens is 1. The van der Waals surface area contributed by atoms with Crippen molar-refractivity contribution < 1.29 is 19.1 Å². The quantitative estimate of drug-likeness (QED) is 0.526. The molecule has 1 N–H and O–H groups in total. The molecule has 29 heavy (non-hydrogen) atoms. The first kappa shape index (κ1) is 20.8. The Morgan fingerprint density at radius 3 is 2.45 bits per heavy atom. The third-order valence-corrected chi connectivity index (χ3v) is 5.18. The van der Waals surface area contributed by atoms with Crippen molar-refractivity contribution in [1.82, 2.24) is 5.32 Å². The summed E-state index contributed by atoms with van der Waals surface area (Å²) in [7, 11) is 0. The second kappa shape index (κ2) is 8.61. The number of nitrogens with zero attached hydrogens (tertiary/aromatic N) is 1. The van der Waals surface area contributed by atoms with Crippen LogP contribution in [0.5, 0.6) is 5.75 Å². The topological polar surface area (TPSA) is 75.7 Å². The number of aryl methyl sites for hydroxylation is 1. The van der Waals surface area contributed by atoms with Crippen LogP contribution in [0.25, 0.3) is 6.08 Å². The number of imide groups is 2. The van der Waals surface area contributed by atoms with Crippen LogP contribution < -0.4 is 15.0 Å². The highest BCUT2D eigenvalue weighted by molar-refractivity contribution is 9.10. The molecule has 1 saturated heterocycles. The van der Waals surface area contributed by atoms with E-state index < -0.39 is 17.8 Å². The van der Waals surface area contributed by atoms with E-state index in [9.17, 15) is 14.4 Å². The van der Waals surface area contributed by atoms with Gasteiger partial charge in [-0.1, -0.05) is 30.7 Å². The average molecular weight is 457 g/mol. The van der Waals surface area contributed by atoms with Gasteiger partial charge in [-0.05, 0) is 72.1 Å². The van der Waals surface area contributed by atoms with Crippen molar-refractivity contribution >= 4 is 45.5 Å². The van der Waals surface area contributed by atoms with Crippen molar-refractivity contribution in [3.63, 3.8) is 0 Å². The summed E-state index contributed by atoms with van der Waals surface area (Å²) in [5.41, 5.74) is 1.91. The van der Waals surface area contributed by atoms with E-state index in [4.69, 9.17) is 4.74 Å². The van der Waals surface area contributed by atoms with E-state index >= 15 is 0 Å². The number of rotatable bonds is 5. The molecule has 0 bridgehead atoms. The lowest BCUT2D eigenvalue weighted by Gasteiger charge is -2.26. The minimum Gasteiger partial charge on any atom is -0.490 e. The normalized spacial score (nSPS) is 16.8. The molecule has 0 spiro atoms. The lowest BCUT2D eigenvalue weighted by Crippen LogP contribution is -2.54. The second-order valence-corrected chi connectivity index (χ2v) is 7.67. The standard InChI is InChI=1S/C22H21BrN2O4/c1-4-14(3)29-19-10-7-15(12-18(19)23)11-17-20(26)24-22(28)25(21(17)27)16-8-5-13(2)6-9-16/h5-12,14H,4H2,1-3H3,(H,24,26,28). The predicted octanol–water partition coefficient (Wildman–Crippen LogP) is 4.60. The molecule has 2 aromatic carbocycles. The third-order valence-electron chi connectivity index (χ3n) is 4.56. The highest BCUT2D eigenvalue weighted by atomic mass is 79.9. The molecule has 1 aliphatic rings. The number of carbonyl (C=O) groups excluding carboxylic acids is 3. The zero-order valence-electron chi connectivity index (χ0n) is 16.4. The largest absolute Gasteiger partial charge is 0.490 e. The van der Waals surface area contributed by atoms with Gasteiger partial charge in [0.2, 0.25) is 0 Å². The Morgan fingerprint density at radius 2 is 1.83 bits per heavy atom. The van der Waals surface area contributed by atoms with Crippen LogP contribution in [0.1, 0.15) is 31.4 Å². The lowest BCUT2D eigenvalue weighted by atomic mass is 10.1. The maximum absolute atomic E-state index is 12.9. The number of amides is 4. The first-order valence-electron chi connectivity index (χ1n) is 9.24. The number of nitrogens with one attached hydrogen (secondary N) is 1. The molecule has 0 radical (unpaired) electrons. The number of anilines is 1. The summed E-state index contributed by atoms with van der Waals surface area (Å²) in [6.07, 6.45) is 2.40. The Labute approximate surface area is 177 Å². The Hall–Kier alpha value is -2.93. The monoisotopic (exact) mass is 456 g/mol. The van der Waals surface area contributed by atoms with Crippen LogP contribution in [0.4, 0.5) is 10.5 Å². The Kier molecular flexibility index (Phi) is 6.17. The van der Waals surface area contributed by atoms with Crippen LogP contribution in [0.15, 0.2) is 52.5 Å². The molecule has 1 heterocycles. The molecule has 4 amide bonds. The number of urea groups is 1. The van der Waals surface area contributed by atoms with Gasteiger partial charge in [0, 0.05) is 0 Å². The summed E-state index contributed by atoms with van der Waals surface area (Å²) in [4.78, 5) is 38.4. The van der Waals surface area contributed by atoms with Crippen LogP contribution >= 0.6 is 15.9 Å². The third kappa shape index (κ3) is 4.56. The molecule has 0 aliphatic carbocycles. The Morgan fingerprint density at radius 1 is 1.14 bits per heavy atom. The zero-order valence-corrected chi connectivity index (χ0v) is 17.9. The molecule has 1 aliphatic heterocycles. The van der Waals surface area contributed by atoms with Gasteiger partial charge >= 0.3 is 6.03 Å². The van der Waals surface area contributed by atoms with E-state index in [1.165, 1.54) is 6.08 Å². The first-order chi connectivity index (χ1) is 13.8. The average Bonchev–Trinajstić information content (AvgIpc) is 2.68. The van der Waals surface area contributed by atoms with E-state index in [0.29, 0.717) is 21.5 Å². The summed E-state index contributed by atoms with van der Waals surface area (Å²) in [6.45, 7) is 5.92. The van der Waals surface area contributed by atoms with Crippen molar-refractivity contribution in [3.05, 3.63) is 63.6 Å². The molecule has 6 nitrogen and oxygen atoms in total. The van der Waals surface area contributed by atoms with Crippen LogP contribution in [-0.2, 0) is 9.59 Å². The van der Waals surface area contributed by atoms with Gasteiger partial charge in [0.05, 0.1) is 16.3 Å². The SMILES string of the molecule is CCC(C)Oc1ccc(C=C2C(=O)NC(=O)N(c3ccc(C)cc3)C2=O)cc1Br. The number of benzene rings is 2. The van der Waals surface area contributed by atoms with Gasteiger partial charge < -0.3 is 4.74 Å². The summed E-state index contributed by atoms with van der Waals surface area (Å²) in [6, 6.07) is 11.4. The summed E-state index contributed by atoms with van der Waals surface area (Å²) >= 11 is 3.46. The summed E-state index contributed by atoms with van der Waals surface area (Å²) in [5.74, 6) is -0.713. The van der Waals surface area contributed by atoms with Crippen LogP contribution in [0.2, 0.25) is 0 Å². The van der Waals surface area contributed by atoms with E-state index in [-0.39, 0.29) is 11.7 Å². The van der Waals surface area contributed by atoms with Gasteiger partial charge in [0.25, 0.3) is 11.8 Å². The van der Waals surface area contributed by atoms with Gasteiger partial charge in [-0.25, -0.2) is 9.69 Å². The van der Waals surface area contributed by atoms with Crippen LogP contribution in [0, 0.1) is 6.92 Å². The molecular formula is C22H21BrN2O4. The van der Waals surface area contributed by atoms with Crippen molar-refractivity contribution in [2.75, 3.05) is 4.90 Å². The number of ether oxygens (including phenoxy) is 1. The highest BCUT2D eigenvalue weighted by Gasteiger charge is 2.36. The van der Waals surface area contributed by atoms with Gasteiger partial charge in [0.15, 0.2) is 0 Å². The van der Waals surface area contributed by atoms with Crippen molar-refractivity contribution in [2.45, 2.75) is 33.3 Å². The summed E-state index contributed by atoms with van der Waals surface area (Å²) < 4.78 is 6.52. The van der Waals surface area contributed by atoms with Gasteiger partial charge in [-0.3, -0.25) is 14.9 Å². The van der Waals surface area contributed by atoms with E-state index in [2.05, 4.69) is 21.2 Å². The second-order valence-electron chi connectivity index (χ2n) is 6.82. The molecule has 1 fully saturated rings. The number of barbiturate groups is 1. The maximum Gasteiger partial charge on any atom is 0.335 e. The van der Waals surface area contributed by atoms with E-state index in [1.807, 2.05) is 20.8 Å². The molecule has 7 heteroatoms. The first-order valence-corrected chi connectivity index (χ1v) is 10.0. The van der Waals surface area contributed by atoms with Crippen molar-refractivity contribution in [1.29, 1.82) is 0 Å². The summed E-state index contributed by atoms with van der Waals surface area (Å²) in [5, 5.41) is 2.23. The van der Waals surface area contributed by atoms with Gasteiger partial charge in [-0.15, -0.1) is 0 Å². The van der Waals surface area contributed by atoms with Crippen molar-refractivity contribution in [3.8, 4) is 5.75 Å². The molecule has 1 unspecified atom stereocenters. The molecule has 150 valence electrons. The fourth-order valence-corrected chi connectivity index (χ4v) is 3.24. The van der Waals surface area contributed by atoms with Crippen molar-refractivity contribution in [2.24, 2.45) is 0 Å². The Bertz CT molecular complexity index is 998. The maximum atomic E-state index is 12.9. The number of carbonyl (C=O) groups is 3. The van der Waals surface area contributed by atoms with Gasteiger partial charge in [-0.2, -0.15) is 0 Å². The number of hydrogen-bond donors (Lipinski definition) is 1. The van der Waals surface area contributed by atoms with Gasteiger partial charge in [0.1, 0.15) is 11.3 Å². The fourth-order valence-electron chi connectivity index (χ4n) is 2.75. The predicted molar refractivity (Wildman–Crippen MR) is 115 cm³/mol. The molecule has 0 aromatic heterocycles. The molecule has 0 saturated carbocycles. The van der Waals surface area contributed by atoms with E-state index in [1.54, 1.807) is 42.5 Å². The minimum atomic E-state index is -0.764. The Balaban J connectivity index is 1.92. The minimum absolute atomic E-state index is 0.0651. The lowest BCUT2D eigenvalue weighted by molar-refractivity contribution is -0.122. The molecule has 1 atom stereocenters.